The van der Waals surface area contributed by atoms with Gasteiger partial charge in [0.25, 0.3) is 0 Å². The van der Waals surface area contributed by atoms with Crippen LogP contribution in [-0.4, -0.2) is 13.2 Å². The van der Waals surface area contributed by atoms with E-state index in [0.717, 1.165) is 9.75 Å². The van der Waals surface area contributed by atoms with E-state index in [1.54, 1.807) is 12.1 Å². The largest absolute Gasteiger partial charge is 0.463 e. The van der Waals surface area contributed by atoms with E-state index in [1.165, 1.54) is 17.6 Å². The summed E-state index contributed by atoms with van der Waals surface area (Å²) in [5.41, 5.74) is 1.15. The maximum absolute atomic E-state index is 12.6. The van der Waals surface area contributed by atoms with Gasteiger partial charge in [0.15, 0.2) is 0 Å². The van der Waals surface area contributed by atoms with Crippen LogP contribution in [0.15, 0.2) is 51.9 Å². The van der Waals surface area contributed by atoms with Crippen molar-refractivity contribution < 1.29 is 13.9 Å². The normalized spacial score (nSPS) is 17.1. The molecule has 0 saturated carbocycles. The van der Waals surface area contributed by atoms with E-state index in [0.29, 0.717) is 29.7 Å². The third kappa shape index (κ3) is 2.09. The number of benzene rings is 1. The van der Waals surface area contributed by atoms with Crippen molar-refractivity contribution in [2.24, 2.45) is 0 Å². The van der Waals surface area contributed by atoms with Gasteiger partial charge in [-0.3, -0.25) is 4.79 Å². The predicted octanol–water partition coefficient (Wildman–Crippen LogP) is 3.74. The van der Waals surface area contributed by atoms with Crippen molar-refractivity contribution in [3.8, 4) is 10.4 Å². The molecule has 1 saturated heterocycles. The summed E-state index contributed by atoms with van der Waals surface area (Å²) in [7, 11) is 0. The van der Waals surface area contributed by atoms with Crippen LogP contribution in [-0.2, 0) is 15.3 Å². The highest BCUT2D eigenvalue weighted by Crippen LogP contribution is 2.38. The molecular formula is C17H14O4S. The van der Waals surface area contributed by atoms with Gasteiger partial charge in [-0.1, -0.05) is 12.1 Å². The van der Waals surface area contributed by atoms with Crippen molar-refractivity contribution in [3.63, 3.8) is 0 Å². The quantitative estimate of drug-likeness (QED) is 0.723. The summed E-state index contributed by atoms with van der Waals surface area (Å²) in [6.07, 6.45) is 1.53. The van der Waals surface area contributed by atoms with Gasteiger partial charge in [0.1, 0.15) is 11.8 Å². The molecule has 0 amide bonds. The Morgan fingerprint density at radius 3 is 2.68 bits per heavy atom. The Morgan fingerprint density at radius 1 is 1.09 bits per heavy atom. The zero-order chi connectivity index (χ0) is 15.2. The highest BCUT2D eigenvalue weighted by molar-refractivity contribution is 7.15. The Kier molecular flexibility index (Phi) is 3.14. The Bertz CT molecular complexity index is 887. The topological polar surface area (TPSA) is 48.7 Å². The van der Waals surface area contributed by atoms with E-state index in [9.17, 15) is 4.79 Å². The average molecular weight is 314 g/mol. The maximum Gasteiger partial charge on any atom is 0.201 e. The first-order valence-electron chi connectivity index (χ1n) is 7.06. The third-order valence-electron chi connectivity index (χ3n) is 3.84. The molecule has 22 heavy (non-hydrogen) atoms. The molecule has 5 heteroatoms. The Hall–Kier alpha value is -1.95. The van der Waals surface area contributed by atoms with Gasteiger partial charge in [-0.2, -0.15) is 0 Å². The highest BCUT2D eigenvalue weighted by Gasteiger charge is 2.34. The van der Waals surface area contributed by atoms with Crippen LogP contribution in [0.4, 0.5) is 0 Å². The fourth-order valence-electron chi connectivity index (χ4n) is 2.63. The Balaban J connectivity index is 1.81. The number of fused-ring (bicyclic) bond motifs is 1. The van der Waals surface area contributed by atoms with Gasteiger partial charge in [0.2, 0.25) is 11.2 Å². The van der Waals surface area contributed by atoms with Crippen molar-refractivity contribution >= 4 is 22.3 Å². The van der Waals surface area contributed by atoms with Crippen LogP contribution in [0.5, 0.6) is 0 Å². The molecule has 4 rings (SSSR count). The number of para-hydroxylation sites is 1. The first-order chi connectivity index (χ1) is 10.7. The molecule has 3 aromatic rings. The molecule has 4 nitrogen and oxygen atoms in total. The Labute approximate surface area is 130 Å². The molecule has 0 atom stereocenters. The van der Waals surface area contributed by atoms with Crippen molar-refractivity contribution in [1.82, 2.24) is 0 Å². The molecule has 0 unspecified atom stereocenters. The molecule has 1 aliphatic rings. The second-order valence-corrected chi connectivity index (χ2v) is 6.36. The highest BCUT2D eigenvalue weighted by atomic mass is 32.1. The van der Waals surface area contributed by atoms with E-state index in [-0.39, 0.29) is 5.43 Å². The minimum Gasteiger partial charge on any atom is -0.463 e. The standard InChI is InChI=1S/C17H14O4S/c1-17(20-8-9-21-17)15-7-6-14(22-15)12-10-19-13-5-3-2-4-11(13)16(12)18/h2-7,10H,8-9H2,1H3. The summed E-state index contributed by atoms with van der Waals surface area (Å²) < 4.78 is 16.9. The molecule has 0 spiro atoms. The molecule has 2 aromatic heterocycles. The molecule has 1 fully saturated rings. The average Bonchev–Trinajstić information content (AvgIpc) is 3.18. The molecule has 3 heterocycles. The predicted molar refractivity (Wildman–Crippen MR) is 85.1 cm³/mol. The summed E-state index contributed by atoms with van der Waals surface area (Å²) in [6, 6.07) is 11.1. The molecular weight excluding hydrogens is 300 g/mol. The van der Waals surface area contributed by atoms with Crippen molar-refractivity contribution in [1.29, 1.82) is 0 Å². The van der Waals surface area contributed by atoms with Gasteiger partial charge >= 0.3 is 0 Å². The van der Waals surface area contributed by atoms with E-state index < -0.39 is 5.79 Å². The van der Waals surface area contributed by atoms with E-state index in [4.69, 9.17) is 13.9 Å². The van der Waals surface area contributed by atoms with Crippen LogP contribution in [0.2, 0.25) is 0 Å². The maximum atomic E-state index is 12.6. The molecule has 1 aromatic carbocycles. The lowest BCUT2D eigenvalue weighted by molar-refractivity contribution is -0.146. The SMILES string of the molecule is CC1(c2ccc(-c3coc4ccccc4c3=O)s2)OCCO1. The second-order valence-electron chi connectivity index (χ2n) is 5.28. The van der Waals surface area contributed by atoms with Gasteiger partial charge in [0.05, 0.1) is 29.0 Å². The van der Waals surface area contributed by atoms with Gasteiger partial charge in [-0.15, -0.1) is 11.3 Å². The lowest BCUT2D eigenvalue weighted by Gasteiger charge is -2.20. The van der Waals surface area contributed by atoms with Crippen LogP contribution >= 0.6 is 11.3 Å². The van der Waals surface area contributed by atoms with Crippen molar-refractivity contribution in [3.05, 3.63) is 57.8 Å². The van der Waals surface area contributed by atoms with Crippen LogP contribution < -0.4 is 5.43 Å². The summed E-state index contributed by atoms with van der Waals surface area (Å²) in [4.78, 5) is 14.4. The number of thiophene rings is 1. The summed E-state index contributed by atoms with van der Waals surface area (Å²) in [6.45, 7) is 3.07. The van der Waals surface area contributed by atoms with Crippen molar-refractivity contribution in [2.75, 3.05) is 13.2 Å². The Morgan fingerprint density at radius 2 is 1.86 bits per heavy atom. The molecule has 0 N–H and O–H groups in total. The third-order valence-corrected chi connectivity index (χ3v) is 5.14. The van der Waals surface area contributed by atoms with Crippen LogP contribution in [0.25, 0.3) is 21.4 Å². The summed E-state index contributed by atoms with van der Waals surface area (Å²) in [5.74, 6) is -0.708. The fraction of sp³-hybridized carbons (Fsp3) is 0.235. The lowest BCUT2D eigenvalue weighted by Crippen LogP contribution is -2.20. The minimum atomic E-state index is -0.708. The number of ether oxygens (including phenoxy) is 2. The van der Waals surface area contributed by atoms with E-state index in [2.05, 4.69) is 0 Å². The second kappa shape index (κ2) is 5.05. The molecule has 112 valence electrons. The smallest absolute Gasteiger partial charge is 0.201 e. The molecule has 0 aliphatic carbocycles. The van der Waals surface area contributed by atoms with Crippen LogP contribution in [0.1, 0.15) is 11.8 Å². The van der Waals surface area contributed by atoms with Gasteiger partial charge in [-0.25, -0.2) is 0 Å². The van der Waals surface area contributed by atoms with Crippen LogP contribution in [0.3, 0.4) is 0 Å². The first kappa shape index (κ1) is 13.7. The fourth-order valence-corrected chi connectivity index (χ4v) is 3.69. The number of rotatable bonds is 2. The monoisotopic (exact) mass is 314 g/mol. The summed E-state index contributed by atoms with van der Waals surface area (Å²) in [5, 5.41) is 0.592. The van der Waals surface area contributed by atoms with E-state index >= 15 is 0 Å². The van der Waals surface area contributed by atoms with Gasteiger partial charge in [-0.05, 0) is 31.2 Å². The molecule has 1 aliphatic heterocycles. The summed E-state index contributed by atoms with van der Waals surface area (Å²) >= 11 is 1.49. The number of hydrogen-bond acceptors (Lipinski definition) is 5. The van der Waals surface area contributed by atoms with Gasteiger partial charge < -0.3 is 13.9 Å². The lowest BCUT2D eigenvalue weighted by atomic mass is 10.1. The number of hydrogen-bond donors (Lipinski definition) is 0. The van der Waals surface area contributed by atoms with Crippen molar-refractivity contribution in [2.45, 2.75) is 12.7 Å². The molecule has 0 radical (unpaired) electrons. The zero-order valence-corrected chi connectivity index (χ0v) is 12.8. The van der Waals surface area contributed by atoms with E-state index in [1.807, 2.05) is 31.2 Å². The van der Waals surface area contributed by atoms with Crippen LogP contribution in [0, 0.1) is 0 Å². The minimum absolute atomic E-state index is 0.0198. The first-order valence-corrected chi connectivity index (χ1v) is 7.88. The molecule has 0 bridgehead atoms. The zero-order valence-electron chi connectivity index (χ0n) is 12.0. The van der Waals surface area contributed by atoms with Gasteiger partial charge in [0, 0.05) is 4.88 Å².